The van der Waals surface area contributed by atoms with Crippen molar-refractivity contribution in [2.24, 2.45) is 7.05 Å². The van der Waals surface area contributed by atoms with E-state index >= 15 is 0 Å². The minimum Gasteiger partial charge on any atom is -0.267 e. The molecular weight excluding hydrogens is 136 g/mol. The Hall–Kier alpha value is -1.49. The SMILES string of the molecule is Cc1nn(C)c2ccc#cc12. The van der Waals surface area contributed by atoms with Gasteiger partial charge < -0.3 is 0 Å². The molecule has 0 radical (unpaired) electrons. The lowest BCUT2D eigenvalue weighted by molar-refractivity contribution is 0.783. The van der Waals surface area contributed by atoms with Gasteiger partial charge in [-0.05, 0) is 19.1 Å². The Morgan fingerprint density at radius 1 is 1.55 bits per heavy atom. The molecule has 0 atom stereocenters. The highest BCUT2D eigenvalue weighted by Crippen LogP contribution is 2.12. The second-order valence-corrected chi connectivity index (χ2v) is 2.57. The van der Waals surface area contributed by atoms with E-state index in [0.717, 1.165) is 16.6 Å². The maximum Gasteiger partial charge on any atom is 0.0772 e. The van der Waals surface area contributed by atoms with Crippen LogP contribution in [0.25, 0.3) is 10.9 Å². The van der Waals surface area contributed by atoms with Crippen LogP contribution in [0.4, 0.5) is 0 Å². The lowest BCUT2D eigenvalue weighted by Crippen LogP contribution is -1.88. The second kappa shape index (κ2) is 2.00. The molecule has 2 nitrogen and oxygen atoms in total. The Morgan fingerprint density at radius 2 is 2.36 bits per heavy atom. The zero-order valence-electron chi connectivity index (χ0n) is 6.55. The summed E-state index contributed by atoms with van der Waals surface area (Å²) in [6.07, 6.45) is 0. The molecule has 0 amide bonds. The van der Waals surface area contributed by atoms with Crippen LogP contribution in [-0.2, 0) is 7.05 Å². The van der Waals surface area contributed by atoms with Gasteiger partial charge in [0, 0.05) is 7.05 Å². The molecule has 0 spiro atoms. The molecule has 54 valence electrons. The molecule has 11 heavy (non-hydrogen) atoms. The standard InChI is InChI=1S/C9H8N2/c1-7-8-5-3-4-6-9(8)11(2)10-7/h4,6H,1-2H3. The summed E-state index contributed by atoms with van der Waals surface area (Å²) in [6, 6.07) is 9.79. The van der Waals surface area contributed by atoms with Crippen LogP contribution in [-0.4, -0.2) is 9.78 Å². The van der Waals surface area contributed by atoms with E-state index in [1.54, 1.807) is 0 Å². The fourth-order valence-corrected chi connectivity index (χ4v) is 1.26. The monoisotopic (exact) mass is 144 g/mol. The summed E-state index contributed by atoms with van der Waals surface area (Å²) in [6.45, 7) is 1.98. The number of hydrogen-bond donors (Lipinski definition) is 0. The Labute approximate surface area is 65.5 Å². The van der Waals surface area contributed by atoms with Crippen LogP contribution in [0.2, 0.25) is 0 Å². The first-order chi connectivity index (χ1) is 5.29. The molecule has 0 fully saturated rings. The average molecular weight is 144 g/mol. The van der Waals surface area contributed by atoms with Gasteiger partial charge in [-0.25, -0.2) is 0 Å². The zero-order valence-corrected chi connectivity index (χ0v) is 6.55. The van der Waals surface area contributed by atoms with Gasteiger partial charge in [0.1, 0.15) is 0 Å². The van der Waals surface area contributed by atoms with Crippen LogP contribution in [0.15, 0.2) is 12.1 Å². The van der Waals surface area contributed by atoms with Crippen LogP contribution >= 0.6 is 0 Å². The smallest absolute Gasteiger partial charge is 0.0772 e. The molecule has 0 aliphatic heterocycles. The van der Waals surface area contributed by atoms with Gasteiger partial charge in [0.25, 0.3) is 0 Å². The first kappa shape index (κ1) is 6.23. The zero-order chi connectivity index (χ0) is 7.84. The van der Waals surface area contributed by atoms with Crippen molar-refractivity contribution in [3.05, 3.63) is 30.0 Å². The molecular formula is C9H8N2. The minimum atomic E-state index is 1.01. The maximum absolute atomic E-state index is 4.26. The molecule has 0 bridgehead atoms. The van der Waals surface area contributed by atoms with Crippen molar-refractivity contribution >= 4 is 10.9 Å². The molecule has 0 N–H and O–H groups in total. The predicted molar refractivity (Wildman–Crippen MR) is 43.1 cm³/mol. The Balaban J connectivity index is 2.95. The first-order valence-corrected chi connectivity index (χ1v) is 3.51. The summed E-state index contributed by atoms with van der Waals surface area (Å²) >= 11 is 0. The van der Waals surface area contributed by atoms with Crippen molar-refractivity contribution in [1.82, 2.24) is 9.78 Å². The normalized spacial score (nSPS) is 10.0. The highest BCUT2D eigenvalue weighted by atomic mass is 15.3. The Bertz CT molecular complexity index is 351. The summed E-state index contributed by atoms with van der Waals surface area (Å²) in [5, 5.41) is 5.32. The number of fused-ring (bicyclic) bond motifs is 1. The van der Waals surface area contributed by atoms with Crippen molar-refractivity contribution in [3.63, 3.8) is 0 Å². The van der Waals surface area contributed by atoms with Gasteiger partial charge in [-0.1, -0.05) is 12.1 Å². The van der Waals surface area contributed by atoms with Gasteiger partial charge in [0.2, 0.25) is 0 Å². The largest absolute Gasteiger partial charge is 0.267 e. The number of rotatable bonds is 0. The molecule has 1 aromatic carbocycles. The number of hydrogen-bond acceptors (Lipinski definition) is 1. The molecule has 0 unspecified atom stereocenters. The van der Waals surface area contributed by atoms with Gasteiger partial charge >= 0.3 is 0 Å². The van der Waals surface area contributed by atoms with E-state index in [0.29, 0.717) is 0 Å². The van der Waals surface area contributed by atoms with E-state index in [9.17, 15) is 0 Å². The van der Waals surface area contributed by atoms with Crippen molar-refractivity contribution in [3.8, 4) is 0 Å². The molecule has 0 saturated heterocycles. The van der Waals surface area contributed by atoms with Crippen LogP contribution in [0.1, 0.15) is 5.69 Å². The molecule has 2 rings (SSSR count). The fourth-order valence-electron chi connectivity index (χ4n) is 1.26. The minimum absolute atomic E-state index is 1.01. The fraction of sp³-hybridized carbons (Fsp3) is 0.222. The molecule has 0 aliphatic carbocycles. The molecule has 2 aromatic rings. The van der Waals surface area contributed by atoms with Gasteiger partial charge in [0.15, 0.2) is 0 Å². The maximum atomic E-state index is 4.26. The van der Waals surface area contributed by atoms with Crippen LogP contribution in [0.3, 0.4) is 0 Å². The first-order valence-electron chi connectivity index (χ1n) is 3.51. The van der Waals surface area contributed by atoms with Crippen LogP contribution < -0.4 is 0 Å². The number of aromatic nitrogens is 2. The lowest BCUT2D eigenvalue weighted by atomic mass is 10.2. The number of aryl methyl sites for hydroxylation is 2. The van der Waals surface area contributed by atoms with Crippen LogP contribution in [0.5, 0.6) is 0 Å². The van der Waals surface area contributed by atoms with Crippen molar-refractivity contribution in [1.29, 1.82) is 0 Å². The third-order valence-corrected chi connectivity index (χ3v) is 1.79. The summed E-state index contributed by atoms with van der Waals surface area (Å²) in [5.74, 6) is 0. The lowest BCUT2D eigenvalue weighted by Gasteiger charge is -1.87. The summed E-state index contributed by atoms with van der Waals surface area (Å²) < 4.78 is 1.86. The van der Waals surface area contributed by atoms with E-state index in [2.05, 4.69) is 17.2 Å². The van der Waals surface area contributed by atoms with Crippen molar-refractivity contribution in [2.75, 3.05) is 0 Å². The summed E-state index contributed by atoms with van der Waals surface area (Å²) in [4.78, 5) is 0. The van der Waals surface area contributed by atoms with E-state index in [-0.39, 0.29) is 0 Å². The van der Waals surface area contributed by atoms with E-state index in [4.69, 9.17) is 0 Å². The topological polar surface area (TPSA) is 17.8 Å². The van der Waals surface area contributed by atoms with Crippen molar-refractivity contribution < 1.29 is 0 Å². The van der Waals surface area contributed by atoms with Gasteiger partial charge in [-0.15, -0.1) is 0 Å². The Morgan fingerprint density at radius 3 is 3.09 bits per heavy atom. The Kier molecular flexibility index (Phi) is 1.13. The highest BCUT2D eigenvalue weighted by Gasteiger charge is 2.00. The summed E-state index contributed by atoms with van der Waals surface area (Å²) in [5.41, 5.74) is 2.13. The number of nitrogens with zero attached hydrogens (tertiary/aromatic N) is 2. The van der Waals surface area contributed by atoms with Crippen molar-refractivity contribution in [2.45, 2.75) is 6.92 Å². The van der Waals surface area contributed by atoms with E-state index in [1.807, 2.05) is 30.8 Å². The summed E-state index contributed by atoms with van der Waals surface area (Å²) in [7, 11) is 1.93. The molecule has 1 aromatic heterocycles. The van der Waals surface area contributed by atoms with Crippen LogP contribution in [0, 0.1) is 19.1 Å². The van der Waals surface area contributed by atoms with E-state index < -0.39 is 0 Å². The second-order valence-electron chi connectivity index (χ2n) is 2.57. The van der Waals surface area contributed by atoms with Gasteiger partial charge in [-0.3, -0.25) is 4.68 Å². The average Bonchev–Trinajstić information content (AvgIpc) is 2.30. The molecule has 2 heteroatoms. The highest BCUT2D eigenvalue weighted by molar-refractivity contribution is 5.79. The quantitative estimate of drug-likeness (QED) is 0.547. The predicted octanol–water partition coefficient (Wildman–Crippen LogP) is 1.48. The third-order valence-electron chi connectivity index (χ3n) is 1.79. The van der Waals surface area contributed by atoms with E-state index in [1.165, 1.54) is 0 Å². The van der Waals surface area contributed by atoms with Gasteiger partial charge in [0.05, 0.1) is 16.6 Å². The molecule has 0 saturated carbocycles. The third kappa shape index (κ3) is 0.779. The molecule has 1 heterocycles. The molecule has 0 aliphatic rings. The van der Waals surface area contributed by atoms with Gasteiger partial charge in [-0.2, -0.15) is 5.10 Å².